The Labute approximate surface area is 135 Å². The number of ether oxygens (including phenoxy) is 3. The van der Waals surface area contributed by atoms with Crippen molar-refractivity contribution in [2.45, 2.75) is 18.9 Å². The number of methoxy groups -OCH3 is 3. The molecule has 0 radical (unpaired) electrons. The van der Waals surface area contributed by atoms with Gasteiger partial charge in [-0.25, -0.2) is 4.79 Å². The summed E-state index contributed by atoms with van der Waals surface area (Å²) in [5, 5.41) is 0. The van der Waals surface area contributed by atoms with E-state index in [0.717, 1.165) is 24.5 Å². The summed E-state index contributed by atoms with van der Waals surface area (Å²) in [5.41, 5.74) is 9.77. The van der Waals surface area contributed by atoms with Crippen LogP contribution in [0, 0.1) is 0 Å². The van der Waals surface area contributed by atoms with Crippen molar-refractivity contribution in [3.8, 4) is 11.5 Å². The number of nitrogens with two attached hydrogens (primary N) is 1. The number of hydrogen-bond acceptors (Lipinski definition) is 6. The van der Waals surface area contributed by atoms with E-state index in [9.17, 15) is 4.79 Å². The van der Waals surface area contributed by atoms with Gasteiger partial charge in [0.2, 0.25) is 0 Å². The largest absolute Gasteiger partial charge is 0.493 e. The Morgan fingerprint density at radius 1 is 1.22 bits per heavy atom. The second-order valence-electron chi connectivity index (χ2n) is 5.84. The number of nitrogens with zero attached hydrogens (tertiary/aromatic N) is 1. The van der Waals surface area contributed by atoms with E-state index in [1.54, 1.807) is 14.2 Å². The summed E-state index contributed by atoms with van der Waals surface area (Å²) < 4.78 is 15.6. The first-order valence-electron chi connectivity index (χ1n) is 7.63. The fourth-order valence-electron chi connectivity index (χ4n) is 3.46. The molecule has 0 bridgehead atoms. The van der Waals surface area contributed by atoms with Crippen LogP contribution in [-0.4, -0.2) is 45.3 Å². The van der Waals surface area contributed by atoms with E-state index < -0.39 is 0 Å². The molecule has 23 heavy (non-hydrogen) atoms. The van der Waals surface area contributed by atoms with Crippen LogP contribution in [0.2, 0.25) is 0 Å². The van der Waals surface area contributed by atoms with E-state index in [1.807, 2.05) is 12.1 Å². The zero-order valence-corrected chi connectivity index (χ0v) is 13.7. The highest BCUT2D eigenvalue weighted by Gasteiger charge is 2.35. The summed E-state index contributed by atoms with van der Waals surface area (Å²) in [6.07, 6.45) is 1.52. The Balaban J connectivity index is 1.99. The van der Waals surface area contributed by atoms with E-state index in [-0.39, 0.29) is 12.0 Å². The second-order valence-corrected chi connectivity index (χ2v) is 5.84. The highest BCUT2D eigenvalue weighted by molar-refractivity contribution is 5.89. The Bertz CT molecular complexity index is 669. The fourth-order valence-corrected chi connectivity index (χ4v) is 3.46. The lowest BCUT2D eigenvalue weighted by Gasteiger charge is -2.41. The third-order valence-electron chi connectivity index (χ3n) is 4.71. The summed E-state index contributed by atoms with van der Waals surface area (Å²) in [6.45, 7) is 1.40. The van der Waals surface area contributed by atoms with Gasteiger partial charge in [0.1, 0.15) is 0 Å². The fraction of sp³-hybridized carbons (Fsp3) is 0.471. The van der Waals surface area contributed by atoms with Crippen LogP contribution < -0.4 is 15.2 Å². The van der Waals surface area contributed by atoms with E-state index in [0.29, 0.717) is 24.2 Å². The van der Waals surface area contributed by atoms with Crippen molar-refractivity contribution in [2.75, 3.05) is 34.4 Å². The molecule has 1 aromatic rings. The van der Waals surface area contributed by atoms with Gasteiger partial charge in [0.15, 0.2) is 11.5 Å². The molecule has 6 heteroatoms. The molecule has 6 nitrogen and oxygen atoms in total. The summed E-state index contributed by atoms with van der Waals surface area (Å²) >= 11 is 0. The van der Waals surface area contributed by atoms with Gasteiger partial charge >= 0.3 is 5.97 Å². The Morgan fingerprint density at radius 2 is 1.91 bits per heavy atom. The number of esters is 1. The van der Waals surface area contributed by atoms with Gasteiger partial charge in [0, 0.05) is 31.2 Å². The van der Waals surface area contributed by atoms with Gasteiger partial charge < -0.3 is 19.9 Å². The van der Waals surface area contributed by atoms with Crippen LogP contribution in [0.25, 0.3) is 0 Å². The molecule has 1 atom stereocenters. The first-order valence-corrected chi connectivity index (χ1v) is 7.63. The van der Waals surface area contributed by atoms with Crippen molar-refractivity contribution in [3.05, 3.63) is 34.5 Å². The number of carbonyl (C=O) groups excluding carboxylic acids is 1. The van der Waals surface area contributed by atoms with Crippen LogP contribution >= 0.6 is 0 Å². The molecule has 0 amide bonds. The molecule has 0 aromatic heterocycles. The normalized spacial score (nSPS) is 20.6. The van der Waals surface area contributed by atoms with Crippen LogP contribution in [0.3, 0.4) is 0 Å². The molecule has 3 rings (SSSR count). The molecule has 2 aliphatic rings. The molecule has 0 spiro atoms. The lowest BCUT2D eigenvalue weighted by Crippen LogP contribution is -2.42. The minimum atomic E-state index is -0.334. The van der Waals surface area contributed by atoms with Crippen molar-refractivity contribution in [1.29, 1.82) is 0 Å². The highest BCUT2D eigenvalue weighted by atomic mass is 16.5. The van der Waals surface area contributed by atoms with E-state index in [1.165, 1.54) is 18.2 Å². The molecule has 0 fully saturated rings. The Kier molecular flexibility index (Phi) is 4.17. The van der Waals surface area contributed by atoms with Gasteiger partial charge in [0.25, 0.3) is 0 Å². The maximum Gasteiger partial charge on any atom is 0.336 e. The third kappa shape index (κ3) is 2.63. The number of benzene rings is 1. The molecule has 1 unspecified atom stereocenters. The van der Waals surface area contributed by atoms with Crippen molar-refractivity contribution in [3.63, 3.8) is 0 Å². The molecule has 2 aliphatic heterocycles. The van der Waals surface area contributed by atoms with Crippen LogP contribution in [-0.2, 0) is 16.0 Å². The van der Waals surface area contributed by atoms with Gasteiger partial charge in [-0.15, -0.1) is 0 Å². The monoisotopic (exact) mass is 318 g/mol. The van der Waals surface area contributed by atoms with Gasteiger partial charge in [-0.1, -0.05) is 0 Å². The predicted octanol–water partition coefficient (Wildman–Crippen LogP) is 1.39. The van der Waals surface area contributed by atoms with Crippen molar-refractivity contribution < 1.29 is 19.0 Å². The van der Waals surface area contributed by atoms with Crippen LogP contribution in [0.5, 0.6) is 11.5 Å². The summed E-state index contributed by atoms with van der Waals surface area (Å²) in [7, 11) is 4.66. The predicted molar refractivity (Wildman–Crippen MR) is 85.4 cm³/mol. The van der Waals surface area contributed by atoms with Gasteiger partial charge in [0.05, 0.1) is 26.9 Å². The van der Waals surface area contributed by atoms with Crippen molar-refractivity contribution >= 4 is 5.97 Å². The molecule has 2 heterocycles. The first kappa shape index (κ1) is 15.7. The molecule has 1 aromatic carbocycles. The summed E-state index contributed by atoms with van der Waals surface area (Å²) in [5.74, 6) is 1.13. The SMILES string of the molecule is COC(=O)C1=C(N)CC2c3cc(OC)c(OC)cc3CCN2C1. The number of hydrogen-bond donors (Lipinski definition) is 1. The average Bonchev–Trinajstić information content (AvgIpc) is 2.59. The van der Waals surface area contributed by atoms with Gasteiger partial charge in [-0.2, -0.15) is 0 Å². The average molecular weight is 318 g/mol. The van der Waals surface area contributed by atoms with Gasteiger partial charge in [-0.05, 0) is 29.7 Å². The van der Waals surface area contributed by atoms with Crippen LogP contribution in [0.1, 0.15) is 23.6 Å². The summed E-state index contributed by atoms with van der Waals surface area (Å²) in [4.78, 5) is 14.1. The molecule has 0 saturated heterocycles. The number of rotatable bonds is 3. The maximum absolute atomic E-state index is 11.9. The second kappa shape index (κ2) is 6.12. The van der Waals surface area contributed by atoms with Crippen LogP contribution in [0.15, 0.2) is 23.4 Å². The van der Waals surface area contributed by atoms with Gasteiger partial charge in [-0.3, -0.25) is 4.90 Å². The smallest absolute Gasteiger partial charge is 0.336 e. The zero-order valence-electron chi connectivity index (χ0n) is 13.7. The molecular formula is C17H22N2O4. The minimum absolute atomic E-state index is 0.159. The standard InChI is InChI=1S/C17H22N2O4/c1-21-15-6-10-4-5-19-9-12(17(20)23-3)13(18)8-14(19)11(10)7-16(15)22-2/h6-7,14H,4-5,8-9,18H2,1-3H3. The number of fused-ring (bicyclic) bond motifs is 3. The van der Waals surface area contributed by atoms with E-state index in [2.05, 4.69) is 4.90 Å². The van der Waals surface area contributed by atoms with Crippen LogP contribution in [0.4, 0.5) is 0 Å². The lowest BCUT2D eigenvalue weighted by atomic mass is 9.86. The molecule has 124 valence electrons. The molecule has 0 aliphatic carbocycles. The Hall–Kier alpha value is -2.21. The molecule has 2 N–H and O–H groups in total. The van der Waals surface area contributed by atoms with Crippen molar-refractivity contribution in [2.24, 2.45) is 5.73 Å². The highest BCUT2D eigenvalue weighted by Crippen LogP contribution is 2.42. The molecular weight excluding hydrogens is 296 g/mol. The zero-order chi connectivity index (χ0) is 16.6. The third-order valence-corrected chi connectivity index (χ3v) is 4.71. The van der Waals surface area contributed by atoms with E-state index in [4.69, 9.17) is 19.9 Å². The Morgan fingerprint density at radius 3 is 2.57 bits per heavy atom. The maximum atomic E-state index is 11.9. The summed E-state index contributed by atoms with van der Waals surface area (Å²) in [6, 6.07) is 4.23. The van der Waals surface area contributed by atoms with Crippen molar-refractivity contribution in [1.82, 2.24) is 4.90 Å². The lowest BCUT2D eigenvalue weighted by molar-refractivity contribution is -0.136. The topological polar surface area (TPSA) is 74.0 Å². The number of carbonyl (C=O) groups is 1. The van der Waals surface area contributed by atoms with E-state index >= 15 is 0 Å². The first-order chi connectivity index (χ1) is 11.1. The minimum Gasteiger partial charge on any atom is -0.493 e. The quantitative estimate of drug-likeness (QED) is 0.849. The molecule has 0 saturated carbocycles.